The normalized spacial score (nSPS) is 14.1. The van der Waals surface area contributed by atoms with E-state index in [1.807, 2.05) is 6.92 Å². The monoisotopic (exact) mass is 214 g/mol. The molecule has 88 valence electrons. The number of rotatable bonds is 6. The highest BCUT2D eigenvalue weighted by molar-refractivity contribution is 5.87. The minimum atomic E-state index is -0.296. The van der Waals surface area contributed by atoms with Crippen molar-refractivity contribution in [2.24, 2.45) is 5.92 Å². The second-order valence-electron chi connectivity index (χ2n) is 4.15. The van der Waals surface area contributed by atoms with E-state index >= 15 is 0 Å². The highest BCUT2D eigenvalue weighted by Crippen LogP contribution is 2.07. The molecule has 0 saturated heterocycles. The SMILES string of the molecule is COC(=O)C(C)=CCOC(C)CC(C)C. The van der Waals surface area contributed by atoms with Gasteiger partial charge in [0.2, 0.25) is 0 Å². The predicted octanol–water partition coefficient (Wildman–Crippen LogP) is 2.56. The first-order valence-electron chi connectivity index (χ1n) is 5.34. The molecule has 1 atom stereocenters. The Morgan fingerprint density at radius 1 is 1.33 bits per heavy atom. The van der Waals surface area contributed by atoms with Crippen LogP contribution in [0.15, 0.2) is 11.6 Å². The Hall–Kier alpha value is -0.830. The van der Waals surface area contributed by atoms with Crippen molar-refractivity contribution in [3.8, 4) is 0 Å². The molecule has 3 heteroatoms. The fourth-order valence-corrected chi connectivity index (χ4v) is 1.31. The summed E-state index contributed by atoms with van der Waals surface area (Å²) < 4.78 is 10.1. The minimum absolute atomic E-state index is 0.228. The van der Waals surface area contributed by atoms with Crippen LogP contribution in [-0.4, -0.2) is 25.8 Å². The second-order valence-corrected chi connectivity index (χ2v) is 4.15. The zero-order chi connectivity index (χ0) is 11.8. The molecule has 0 aromatic heterocycles. The molecular formula is C12H22O3. The van der Waals surface area contributed by atoms with Gasteiger partial charge in [-0.3, -0.25) is 0 Å². The topological polar surface area (TPSA) is 35.5 Å². The largest absolute Gasteiger partial charge is 0.466 e. The number of esters is 1. The summed E-state index contributed by atoms with van der Waals surface area (Å²) in [6, 6.07) is 0. The van der Waals surface area contributed by atoms with Crippen LogP contribution in [0.1, 0.15) is 34.1 Å². The highest BCUT2D eigenvalue weighted by Gasteiger charge is 2.05. The standard InChI is InChI=1S/C12H22O3/c1-9(2)8-11(4)15-7-6-10(3)12(13)14-5/h6,9,11H,7-8H2,1-5H3. The quantitative estimate of drug-likeness (QED) is 0.503. The molecule has 0 aliphatic rings. The molecular weight excluding hydrogens is 192 g/mol. The molecule has 0 saturated carbocycles. The zero-order valence-corrected chi connectivity index (χ0v) is 10.4. The number of carbonyl (C=O) groups excluding carboxylic acids is 1. The first-order chi connectivity index (χ1) is 6.97. The van der Waals surface area contributed by atoms with E-state index in [1.165, 1.54) is 7.11 Å². The molecule has 0 aliphatic carbocycles. The van der Waals surface area contributed by atoms with Gasteiger partial charge < -0.3 is 9.47 Å². The van der Waals surface area contributed by atoms with Crippen LogP contribution < -0.4 is 0 Å². The van der Waals surface area contributed by atoms with Crippen molar-refractivity contribution in [2.45, 2.75) is 40.2 Å². The number of methoxy groups -OCH3 is 1. The molecule has 15 heavy (non-hydrogen) atoms. The third-order valence-electron chi connectivity index (χ3n) is 2.08. The Morgan fingerprint density at radius 2 is 1.93 bits per heavy atom. The lowest BCUT2D eigenvalue weighted by molar-refractivity contribution is -0.136. The van der Waals surface area contributed by atoms with E-state index in [9.17, 15) is 4.79 Å². The highest BCUT2D eigenvalue weighted by atomic mass is 16.5. The minimum Gasteiger partial charge on any atom is -0.466 e. The van der Waals surface area contributed by atoms with Crippen LogP contribution in [0.4, 0.5) is 0 Å². The van der Waals surface area contributed by atoms with Crippen LogP contribution in [-0.2, 0) is 14.3 Å². The van der Waals surface area contributed by atoms with Gasteiger partial charge >= 0.3 is 5.97 Å². The third kappa shape index (κ3) is 7.14. The molecule has 0 amide bonds. The molecule has 0 heterocycles. The van der Waals surface area contributed by atoms with E-state index in [1.54, 1.807) is 13.0 Å². The number of hydrogen-bond donors (Lipinski definition) is 0. The molecule has 0 aliphatic heterocycles. The molecule has 0 N–H and O–H groups in total. The van der Waals surface area contributed by atoms with Crippen LogP contribution in [0.5, 0.6) is 0 Å². The lowest BCUT2D eigenvalue weighted by Crippen LogP contribution is -2.12. The van der Waals surface area contributed by atoms with Crippen molar-refractivity contribution < 1.29 is 14.3 Å². The Bertz CT molecular complexity index is 219. The summed E-state index contributed by atoms with van der Waals surface area (Å²) >= 11 is 0. The summed E-state index contributed by atoms with van der Waals surface area (Å²) in [5, 5.41) is 0. The summed E-state index contributed by atoms with van der Waals surface area (Å²) in [6.45, 7) is 8.56. The average molecular weight is 214 g/mol. The maximum atomic E-state index is 11.0. The van der Waals surface area contributed by atoms with Crippen molar-refractivity contribution in [1.29, 1.82) is 0 Å². The van der Waals surface area contributed by atoms with Crippen LogP contribution in [0.25, 0.3) is 0 Å². The lowest BCUT2D eigenvalue weighted by atomic mass is 10.1. The van der Waals surface area contributed by atoms with E-state index < -0.39 is 0 Å². The summed E-state index contributed by atoms with van der Waals surface area (Å²) in [5.74, 6) is 0.334. The molecule has 0 radical (unpaired) electrons. The molecule has 3 nitrogen and oxygen atoms in total. The molecule has 0 fully saturated rings. The Kier molecular flexibility index (Phi) is 7.05. The van der Waals surface area contributed by atoms with Gasteiger partial charge in [-0.15, -0.1) is 0 Å². The van der Waals surface area contributed by atoms with Gasteiger partial charge in [-0.2, -0.15) is 0 Å². The molecule has 0 rings (SSSR count). The average Bonchev–Trinajstić information content (AvgIpc) is 2.15. The maximum absolute atomic E-state index is 11.0. The molecule has 1 unspecified atom stereocenters. The Labute approximate surface area is 92.5 Å². The summed E-state index contributed by atoms with van der Waals surface area (Å²) in [6.07, 6.45) is 3.01. The Balaban J connectivity index is 3.81. The molecule has 0 aromatic rings. The van der Waals surface area contributed by atoms with Crippen LogP contribution in [0, 0.1) is 5.92 Å². The maximum Gasteiger partial charge on any atom is 0.333 e. The zero-order valence-electron chi connectivity index (χ0n) is 10.4. The first kappa shape index (κ1) is 14.2. The summed E-state index contributed by atoms with van der Waals surface area (Å²) in [4.78, 5) is 11.0. The predicted molar refractivity (Wildman–Crippen MR) is 60.6 cm³/mol. The van der Waals surface area contributed by atoms with Gasteiger partial charge in [-0.1, -0.05) is 13.8 Å². The van der Waals surface area contributed by atoms with Gasteiger partial charge in [0.05, 0.1) is 19.8 Å². The van der Waals surface area contributed by atoms with Crippen LogP contribution >= 0.6 is 0 Å². The van der Waals surface area contributed by atoms with Crippen molar-refractivity contribution in [2.75, 3.05) is 13.7 Å². The van der Waals surface area contributed by atoms with Crippen molar-refractivity contribution in [3.63, 3.8) is 0 Å². The van der Waals surface area contributed by atoms with E-state index in [0.717, 1.165) is 6.42 Å². The summed E-state index contributed by atoms with van der Waals surface area (Å²) in [5.41, 5.74) is 0.592. The molecule has 0 aromatic carbocycles. The lowest BCUT2D eigenvalue weighted by Gasteiger charge is -2.13. The van der Waals surface area contributed by atoms with Crippen molar-refractivity contribution in [1.82, 2.24) is 0 Å². The Morgan fingerprint density at radius 3 is 2.40 bits per heavy atom. The first-order valence-corrected chi connectivity index (χ1v) is 5.34. The number of ether oxygens (including phenoxy) is 2. The van der Waals surface area contributed by atoms with Gasteiger partial charge in [0.25, 0.3) is 0 Å². The third-order valence-corrected chi connectivity index (χ3v) is 2.08. The van der Waals surface area contributed by atoms with Crippen molar-refractivity contribution >= 4 is 5.97 Å². The van der Waals surface area contributed by atoms with Crippen molar-refractivity contribution in [3.05, 3.63) is 11.6 Å². The van der Waals surface area contributed by atoms with Gasteiger partial charge in [-0.05, 0) is 32.3 Å². The summed E-state index contributed by atoms with van der Waals surface area (Å²) in [7, 11) is 1.38. The van der Waals surface area contributed by atoms with Gasteiger partial charge in [-0.25, -0.2) is 4.79 Å². The van der Waals surface area contributed by atoms with Gasteiger partial charge in [0.15, 0.2) is 0 Å². The fourth-order valence-electron chi connectivity index (χ4n) is 1.31. The van der Waals surface area contributed by atoms with E-state index in [2.05, 4.69) is 18.6 Å². The number of carbonyl (C=O) groups is 1. The van der Waals surface area contributed by atoms with E-state index in [0.29, 0.717) is 18.1 Å². The number of hydrogen-bond acceptors (Lipinski definition) is 3. The van der Waals surface area contributed by atoms with E-state index in [4.69, 9.17) is 4.74 Å². The van der Waals surface area contributed by atoms with Gasteiger partial charge in [0.1, 0.15) is 0 Å². The van der Waals surface area contributed by atoms with Crippen LogP contribution in [0.3, 0.4) is 0 Å². The second kappa shape index (κ2) is 7.46. The smallest absolute Gasteiger partial charge is 0.333 e. The van der Waals surface area contributed by atoms with Crippen LogP contribution in [0.2, 0.25) is 0 Å². The van der Waals surface area contributed by atoms with Gasteiger partial charge in [0, 0.05) is 5.57 Å². The molecule has 0 spiro atoms. The fraction of sp³-hybridized carbons (Fsp3) is 0.750. The molecule has 0 bridgehead atoms. The van der Waals surface area contributed by atoms with E-state index in [-0.39, 0.29) is 12.1 Å².